The van der Waals surface area contributed by atoms with Crippen LogP contribution in [0.2, 0.25) is 0 Å². The smallest absolute Gasteiger partial charge is 0.312 e. The van der Waals surface area contributed by atoms with E-state index in [0.29, 0.717) is 25.1 Å². The monoisotopic (exact) mass is 457 g/mol. The summed E-state index contributed by atoms with van der Waals surface area (Å²) in [5.41, 5.74) is 4.69. The molecule has 5 heteroatoms. The molecule has 0 radical (unpaired) electrons. The van der Waals surface area contributed by atoms with Crippen molar-refractivity contribution in [3.8, 4) is 11.5 Å². The number of hydrogen-bond donors (Lipinski definition) is 0. The number of benzene rings is 1. The van der Waals surface area contributed by atoms with Gasteiger partial charge in [0.15, 0.2) is 0 Å². The molecule has 0 aliphatic carbocycles. The lowest BCUT2D eigenvalue weighted by Gasteiger charge is -2.26. The van der Waals surface area contributed by atoms with Crippen LogP contribution in [0.25, 0.3) is 0 Å². The number of methoxy groups -OCH3 is 1. The van der Waals surface area contributed by atoms with Gasteiger partial charge < -0.3 is 14.2 Å². The summed E-state index contributed by atoms with van der Waals surface area (Å²) in [6.45, 7) is 12.5. The van der Waals surface area contributed by atoms with Gasteiger partial charge in [0.1, 0.15) is 11.5 Å². The lowest BCUT2D eigenvalue weighted by atomic mass is 10.0. The third-order valence-corrected chi connectivity index (χ3v) is 5.96. The van der Waals surface area contributed by atoms with Crippen molar-refractivity contribution in [2.45, 2.75) is 72.6 Å². The van der Waals surface area contributed by atoms with E-state index in [4.69, 9.17) is 14.2 Å². The molecule has 0 spiro atoms. The van der Waals surface area contributed by atoms with E-state index < -0.39 is 0 Å². The number of aryl methyl sites for hydroxylation is 1. The Morgan fingerprint density at radius 1 is 1.09 bits per heavy atom. The average molecular weight is 458 g/mol. The first-order valence-corrected chi connectivity index (χ1v) is 12.4. The average Bonchev–Trinajstić information content (AvgIpc) is 2.81. The van der Waals surface area contributed by atoms with E-state index in [0.717, 1.165) is 62.4 Å². The molecule has 1 aromatic carbocycles. The summed E-state index contributed by atoms with van der Waals surface area (Å²) in [4.78, 5) is 15.0. The predicted octanol–water partition coefficient (Wildman–Crippen LogP) is 5.90. The van der Waals surface area contributed by atoms with Crippen molar-refractivity contribution in [1.82, 2.24) is 4.90 Å². The standard InChI is InChI=1S/C28H43NO4/c1-6-7-8-9-24-20-26(31-5)25(13-12-23(4)11-10-22(2)3)27(21-24)33-28(30)14-15-29-16-18-32-19-17-29/h10,12,20-21H,6-9,11,13-19H2,1-5H3/b23-12-. The van der Waals surface area contributed by atoms with Gasteiger partial charge in [0, 0.05) is 25.2 Å². The predicted molar refractivity (Wildman–Crippen MR) is 135 cm³/mol. The van der Waals surface area contributed by atoms with E-state index in [1.807, 2.05) is 6.07 Å². The Hall–Kier alpha value is -2.11. The van der Waals surface area contributed by atoms with Crippen molar-refractivity contribution < 1.29 is 19.0 Å². The Morgan fingerprint density at radius 3 is 2.48 bits per heavy atom. The number of nitrogens with zero attached hydrogens (tertiary/aromatic N) is 1. The van der Waals surface area contributed by atoms with Crippen LogP contribution in [0.1, 0.15) is 70.9 Å². The lowest BCUT2D eigenvalue weighted by molar-refractivity contribution is -0.135. The summed E-state index contributed by atoms with van der Waals surface area (Å²) in [5, 5.41) is 0. The Labute approximate surface area is 200 Å². The second-order valence-electron chi connectivity index (χ2n) is 9.15. The fourth-order valence-electron chi connectivity index (χ4n) is 3.84. The van der Waals surface area contributed by atoms with Crippen LogP contribution in [0.5, 0.6) is 11.5 Å². The van der Waals surface area contributed by atoms with Crippen molar-refractivity contribution >= 4 is 5.97 Å². The number of hydrogen-bond acceptors (Lipinski definition) is 5. The van der Waals surface area contributed by atoms with Gasteiger partial charge in [-0.15, -0.1) is 0 Å². The maximum atomic E-state index is 12.8. The largest absolute Gasteiger partial charge is 0.496 e. The first kappa shape index (κ1) is 27.1. The van der Waals surface area contributed by atoms with Crippen molar-refractivity contribution in [3.63, 3.8) is 0 Å². The van der Waals surface area contributed by atoms with Crippen LogP contribution in [0.3, 0.4) is 0 Å². The van der Waals surface area contributed by atoms with Gasteiger partial charge in [0.25, 0.3) is 0 Å². The molecule has 1 heterocycles. The molecule has 0 bridgehead atoms. The van der Waals surface area contributed by atoms with Crippen LogP contribution < -0.4 is 9.47 Å². The molecule has 1 aliphatic heterocycles. The highest BCUT2D eigenvalue weighted by Crippen LogP contribution is 2.33. The number of esters is 1. The van der Waals surface area contributed by atoms with Crippen molar-refractivity contribution in [2.24, 2.45) is 0 Å². The highest BCUT2D eigenvalue weighted by Gasteiger charge is 2.17. The molecule has 0 saturated carbocycles. The summed E-state index contributed by atoms with van der Waals surface area (Å²) >= 11 is 0. The van der Waals surface area contributed by atoms with Crippen molar-refractivity contribution in [2.75, 3.05) is 40.0 Å². The summed E-state index contributed by atoms with van der Waals surface area (Å²) in [7, 11) is 1.69. The third-order valence-electron chi connectivity index (χ3n) is 5.96. The first-order valence-electron chi connectivity index (χ1n) is 12.4. The third kappa shape index (κ3) is 10.1. The van der Waals surface area contributed by atoms with Gasteiger partial charge in [-0.1, -0.05) is 43.1 Å². The van der Waals surface area contributed by atoms with Crippen LogP contribution >= 0.6 is 0 Å². The lowest BCUT2D eigenvalue weighted by Crippen LogP contribution is -2.37. The van der Waals surface area contributed by atoms with Gasteiger partial charge in [-0.05, 0) is 64.2 Å². The van der Waals surface area contributed by atoms with Crippen LogP contribution in [0.15, 0.2) is 35.4 Å². The van der Waals surface area contributed by atoms with Crippen LogP contribution in [0, 0.1) is 0 Å². The highest BCUT2D eigenvalue weighted by atomic mass is 16.5. The maximum Gasteiger partial charge on any atom is 0.312 e. The number of unbranched alkanes of at least 4 members (excludes halogenated alkanes) is 2. The molecule has 0 unspecified atom stereocenters. The fraction of sp³-hybridized carbons (Fsp3) is 0.607. The second kappa shape index (κ2) is 14.9. The topological polar surface area (TPSA) is 48.0 Å². The zero-order valence-corrected chi connectivity index (χ0v) is 21.4. The maximum absolute atomic E-state index is 12.8. The Bertz CT molecular complexity index is 802. The molecule has 1 fully saturated rings. The molecular weight excluding hydrogens is 414 g/mol. The Kier molecular flexibility index (Phi) is 12.3. The molecule has 1 aliphatic rings. The number of rotatable bonds is 13. The summed E-state index contributed by atoms with van der Waals surface area (Å²) < 4.78 is 17.1. The zero-order chi connectivity index (χ0) is 24.1. The van der Waals surface area contributed by atoms with E-state index in [1.54, 1.807) is 7.11 Å². The number of carbonyl (C=O) groups excluding carboxylic acids is 1. The number of allylic oxidation sites excluding steroid dienone is 4. The van der Waals surface area contributed by atoms with Gasteiger partial charge in [-0.25, -0.2) is 0 Å². The Morgan fingerprint density at radius 2 is 1.82 bits per heavy atom. The minimum atomic E-state index is -0.194. The van der Waals surface area contributed by atoms with Crippen LogP contribution in [0.4, 0.5) is 0 Å². The quantitative estimate of drug-likeness (QED) is 0.160. The Balaban J connectivity index is 2.18. The van der Waals surface area contributed by atoms with Gasteiger partial charge in [0.05, 0.1) is 26.7 Å². The minimum absolute atomic E-state index is 0.194. The molecular formula is C28H43NO4. The van der Waals surface area contributed by atoms with E-state index >= 15 is 0 Å². The summed E-state index contributed by atoms with van der Waals surface area (Å²) in [5.74, 6) is 1.24. The van der Waals surface area contributed by atoms with Gasteiger partial charge in [-0.3, -0.25) is 9.69 Å². The molecule has 184 valence electrons. The van der Waals surface area contributed by atoms with Gasteiger partial charge in [0.2, 0.25) is 0 Å². The second-order valence-corrected chi connectivity index (χ2v) is 9.15. The van der Waals surface area contributed by atoms with Crippen LogP contribution in [-0.4, -0.2) is 50.8 Å². The zero-order valence-electron chi connectivity index (χ0n) is 21.4. The summed E-state index contributed by atoms with van der Waals surface area (Å²) in [6, 6.07) is 4.15. The fourth-order valence-corrected chi connectivity index (χ4v) is 3.84. The highest BCUT2D eigenvalue weighted by molar-refractivity contribution is 5.73. The van der Waals surface area contributed by atoms with Crippen molar-refractivity contribution in [3.05, 3.63) is 46.6 Å². The van der Waals surface area contributed by atoms with Gasteiger partial charge >= 0.3 is 5.97 Å². The number of ether oxygens (including phenoxy) is 3. The molecule has 0 N–H and O–H groups in total. The molecule has 0 aromatic heterocycles. The SMILES string of the molecule is CCCCCc1cc(OC)c(C/C=C(/C)CC=C(C)C)c(OC(=O)CCN2CCOCC2)c1. The molecule has 5 nitrogen and oxygen atoms in total. The normalized spacial score (nSPS) is 14.8. The summed E-state index contributed by atoms with van der Waals surface area (Å²) in [6.07, 6.45) is 10.8. The number of carbonyl (C=O) groups is 1. The molecule has 1 aromatic rings. The van der Waals surface area contributed by atoms with E-state index in [1.165, 1.54) is 24.0 Å². The molecule has 0 amide bonds. The van der Waals surface area contributed by atoms with E-state index in [-0.39, 0.29) is 5.97 Å². The molecule has 33 heavy (non-hydrogen) atoms. The van der Waals surface area contributed by atoms with E-state index in [2.05, 4.69) is 50.8 Å². The molecule has 1 saturated heterocycles. The van der Waals surface area contributed by atoms with Gasteiger partial charge in [-0.2, -0.15) is 0 Å². The first-order chi connectivity index (χ1) is 15.9. The number of morpholine rings is 1. The molecule has 0 atom stereocenters. The molecule has 2 rings (SSSR count). The van der Waals surface area contributed by atoms with Crippen molar-refractivity contribution in [1.29, 1.82) is 0 Å². The minimum Gasteiger partial charge on any atom is -0.496 e. The van der Waals surface area contributed by atoms with E-state index in [9.17, 15) is 4.79 Å². The van der Waals surface area contributed by atoms with Crippen LogP contribution in [-0.2, 0) is 22.4 Å².